The number of benzene rings is 1. The summed E-state index contributed by atoms with van der Waals surface area (Å²) < 4.78 is 3.13. The van der Waals surface area contributed by atoms with Crippen molar-refractivity contribution in [3.63, 3.8) is 0 Å². The van der Waals surface area contributed by atoms with Gasteiger partial charge in [0.1, 0.15) is 6.04 Å². The van der Waals surface area contributed by atoms with Crippen LogP contribution < -0.4 is 16.3 Å². The fraction of sp³-hybridized carbons (Fsp3) is 0.550. The van der Waals surface area contributed by atoms with Crippen LogP contribution in [0.1, 0.15) is 30.9 Å². The molecule has 0 bridgehead atoms. The van der Waals surface area contributed by atoms with Gasteiger partial charge in [0.05, 0.1) is 11.0 Å². The van der Waals surface area contributed by atoms with Crippen LogP contribution in [-0.2, 0) is 23.2 Å². The molecular weight excluding hydrogens is 358 g/mol. The Morgan fingerprint density at radius 2 is 2.00 bits per heavy atom. The van der Waals surface area contributed by atoms with Gasteiger partial charge in [0.25, 0.3) is 0 Å². The normalized spacial score (nSPS) is 24.7. The highest BCUT2D eigenvalue weighted by Crippen LogP contribution is 2.37. The van der Waals surface area contributed by atoms with E-state index in [2.05, 4.69) is 21.6 Å². The number of piperidine rings is 1. The van der Waals surface area contributed by atoms with E-state index in [9.17, 15) is 14.4 Å². The van der Waals surface area contributed by atoms with Crippen molar-refractivity contribution in [3.8, 4) is 0 Å². The number of nitrogens with zero attached hydrogens (tertiary/aromatic N) is 3. The first-order valence-electron chi connectivity index (χ1n) is 9.92. The molecule has 1 atom stereocenters. The summed E-state index contributed by atoms with van der Waals surface area (Å²) >= 11 is 0. The monoisotopic (exact) mass is 383 g/mol. The lowest BCUT2D eigenvalue weighted by Gasteiger charge is -2.48. The molecule has 148 valence electrons. The van der Waals surface area contributed by atoms with Gasteiger partial charge in [-0.25, -0.2) is 4.79 Å². The van der Waals surface area contributed by atoms with Gasteiger partial charge in [0.15, 0.2) is 0 Å². The van der Waals surface area contributed by atoms with Crippen molar-refractivity contribution < 1.29 is 9.59 Å². The second-order valence-electron chi connectivity index (χ2n) is 8.57. The standard InChI is InChI=1S/C20H25N5O3/c1-23-16-8-13(9-24-11-20(12-24)6-7-21-10-20)2-3-14(16)25(19(23)28)15-4-5-17(26)22-18(15)27/h2-3,8,15,21H,4-7,9-12H2,1H3,(H,22,26,27). The van der Waals surface area contributed by atoms with Crippen LogP contribution in [-0.4, -0.2) is 52.0 Å². The smallest absolute Gasteiger partial charge is 0.316 e. The second-order valence-corrected chi connectivity index (χ2v) is 8.57. The van der Waals surface area contributed by atoms with E-state index in [1.165, 1.54) is 16.6 Å². The Morgan fingerprint density at radius 3 is 2.71 bits per heavy atom. The second kappa shape index (κ2) is 6.28. The molecule has 5 rings (SSSR count). The van der Waals surface area contributed by atoms with E-state index in [-0.39, 0.29) is 18.0 Å². The van der Waals surface area contributed by atoms with E-state index in [0.717, 1.165) is 43.8 Å². The molecule has 2 aromatic rings. The molecule has 1 unspecified atom stereocenters. The largest absolute Gasteiger partial charge is 0.329 e. The van der Waals surface area contributed by atoms with E-state index in [0.29, 0.717) is 11.8 Å². The number of carbonyl (C=O) groups is 2. The van der Waals surface area contributed by atoms with Crippen LogP contribution in [0.15, 0.2) is 23.0 Å². The van der Waals surface area contributed by atoms with Gasteiger partial charge in [-0.1, -0.05) is 6.07 Å². The Morgan fingerprint density at radius 1 is 1.18 bits per heavy atom. The Labute approximate surface area is 162 Å². The quantitative estimate of drug-likeness (QED) is 0.735. The van der Waals surface area contributed by atoms with E-state index < -0.39 is 11.9 Å². The van der Waals surface area contributed by atoms with Crippen molar-refractivity contribution in [2.45, 2.75) is 31.8 Å². The minimum absolute atomic E-state index is 0.221. The Kier molecular flexibility index (Phi) is 3.96. The maximum Gasteiger partial charge on any atom is 0.329 e. The highest BCUT2D eigenvalue weighted by atomic mass is 16.2. The first-order valence-corrected chi connectivity index (χ1v) is 9.92. The predicted molar refractivity (Wildman–Crippen MR) is 104 cm³/mol. The van der Waals surface area contributed by atoms with Gasteiger partial charge >= 0.3 is 5.69 Å². The zero-order valence-corrected chi connectivity index (χ0v) is 16.0. The van der Waals surface area contributed by atoms with Crippen molar-refractivity contribution in [2.24, 2.45) is 12.5 Å². The first kappa shape index (κ1) is 17.6. The van der Waals surface area contributed by atoms with Crippen molar-refractivity contribution >= 4 is 22.8 Å². The third-order valence-corrected chi connectivity index (χ3v) is 6.53. The molecule has 2 N–H and O–H groups in total. The molecule has 3 fully saturated rings. The van der Waals surface area contributed by atoms with Crippen LogP contribution in [0.25, 0.3) is 11.0 Å². The molecular formula is C20H25N5O3. The molecule has 3 saturated heterocycles. The maximum atomic E-state index is 12.8. The number of amides is 2. The molecule has 1 spiro atoms. The number of likely N-dealkylation sites (tertiary alicyclic amines) is 1. The van der Waals surface area contributed by atoms with Gasteiger partial charge < -0.3 is 5.32 Å². The molecule has 0 aliphatic carbocycles. The summed E-state index contributed by atoms with van der Waals surface area (Å²) in [5, 5.41) is 5.80. The third-order valence-electron chi connectivity index (χ3n) is 6.53. The van der Waals surface area contributed by atoms with Crippen molar-refractivity contribution in [3.05, 3.63) is 34.2 Å². The van der Waals surface area contributed by atoms with Crippen molar-refractivity contribution in [2.75, 3.05) is 26.2 Å². The van der Waals surface area contributed by atoms with Crippen LogP contribution in [0.4, 0.5) is 0 Å². The summed E-state index contributed by atoms with van der Waals surface area (Å²) in [6, 6.07) is 5.39. The number of imide groups is 1. The molecule has 4 heterocycles. The van der Waals surface area contributed by atoms with Gasteiger partial charge in [-0.05, 0) is 37.1 Å². The number of imidazole rings is 1. The topological polar surface area (TPSA) is 88.4 Å². The van der Waals surface area contributed by atoms with Crippen LogP contribution in [0, 0.1) is 5.41 Å². The van der Waals surface area contributed by atoms with Gasteiger partial charge in [-0.2, -0.15) is 0 Å². The van der Waals surface area contributed by atoms with Crippen molar-refractivity contribution in [1.29, 1.82) is 0 Å². The number of hydrogen-bond donors (Lipinski definition) is 2. The van der Waals surface area contributed by atoms with E-state index >= 15 is 0 Å². The number of aromatic nitrogens is 2. The first-order chi connectivity index (χ1) is 13.5. The number of nitrogens with one attached hydrogen (secondary N) is 2. The van der Waals surface area contributed by atoms with Gasteiger partial charge in [0.2, 0.25) is 11.8 Å². The van der Waals surface area contributed by atoms with Gasteiger partial charge in [-0.15, -0.1) is 0 Å². The Hall–Kier alpha value is -2.45. The average Bonchev–Trinajstić information content (AvgIpc) is 3.21. The fourth-order valence-electron chi connectivity index (χ4n) is 5.07. The molecule has 3 aliphatic rings. The van der Waals surface area contributed by atoms with Crippen LogP contribution in [0.2, 0.25) is 0 Å². The summed E-state index contributed by atoms with van der Waals surface area (Å²) in [6.07, 6.45) is 1.87. The van der Waals surface area contributed by atoms with E-state index in [1.54, 1.807) is 11.6 Å². The maximum absolute atomic E-state index is 12.8. The Bertz CT molecular complexity index is 1020. The number of carbonyl (C=O) groups excluding carboxylic acids is 2. The highest BCUT2D eigenvalue weighted by Gasteiger charge is 2.44. The lowest BCUT2D eigenvalue weighted by molar-refractivity contribution is -0.135. The average molecular weight is 383 g/mol. The molecule has 8 heteroatoms. The predicted octanol–water partition coefficient (Wildman–Crippen LogP) is 0.113. The summed E-state index contributed by atoms with van der Waals surface area (Å²) in [6.45, 7) is 5.35. The summed E-state index contributed by atoms with van der Waals surface area (Å²) in [7, 11) is 1.74. The minimum atomic E-state index is -0.634. The number of aryl methyl sites for hydroxylation is 1. The summed E-state index contributed by atoms with van der Waals surface area (Å²) in [5.74, 6) is -0.674. The zero-order chi connectivity index (χ0) is 19.5. The van der Waals surface area contributed by atoms with Crippen LogP contribution in [0.3, 0.4) is 0 Å². The number of rotatable bonds is 3. The number of fused-ring (bicyclic) bond motifs is 1. The lowest BCUT2D eigenvalue weighted by Crippen LogP contribution is -2.56. The molecule has 1 aromatic heterocycles. The zero-order valence-electron chi connectivity index (χ0n) is 16.0. The van der Waals surface area contributed by atoms with Crippen molar-refractivity contribution in [1.82, 2.24) is 24.7 Å². The molecule has 3 aliphatic heterocycles. The van der Waals surface area contributed by atoms with Gasteiger partial charge in [0, 0.05) is 45.1 Å². The molecule has 0 saturated carbocycles. The SMILES string of the molecule is Cn1c(=O)n(C2CCC(=O)NC2=O)c2ccc(CN3CC4(CCNC4)C3)cc21. The van der Waals surface area contributed by atoms with E-state index in [4.69, 9.17) is 0 Å². The molecule has 1 aromatic carbocycles. The van der Waals surface area contributed by atoms with Crippen LogP contribution >= 0.6 is 0 Å². The van der Waals surface area contributed by atoms with Crippen LogP contribution in [0.5, 0.6) is 0 Å². The molecule has 8 nitrogen and oxygen atoms in total. The minimum Gasteiger partial charge on any atom is -0.316 e. The third kappa shape index (κ3) is 2.70. The molecule has 28 heavy (non-hydrogen) atoms. The highest BCUT2D eigenvalue weighted by molar-refractivity contribution is 6.00. The molecule has 2 amide bonds. The number of hydrogen-bond acceptors (Lipinski definition) is 5. The summed E-state index contributed by atoms with van der Waals surface area (Å²) in [4.78, 5) is 39.0. The lowest BCUT2D eigenvalue weighted by atomic mass is 9.79. The summed E-state index contributed by atoms with van der Waals surface area (Å²) in [5.41, 5.74) is 2.98. The Balaban J connectivity index is 1.42. The van der Waals surface area contributed by atoms with E-state index in [1.807, 2.05) is 12.1 Å². The molecule has 0 radical (unpaired) electrons. The van der Waals surface area contributed by atoms with Gasteiger partial charge in [-0.3, -0.25) is 28.9 Å². The fourth-order valence-corrected chi connectivity index (χ4v) is 5.07.